The molecule has 1 aromatic heterocycles. The second kappa shape index (κ2) is 6.90. The fourth-order valence-corrected chi connectivity index (χ4v) is 3.87. The number of halogens is 2. The molecule has 4 rings (SSSR count). The first kappa shape index (κ1) is 19.0. The zero-order valence-corrected chi connectivity index (χ0v) is 15.6. The number of nitrogens with zero attached hydrogens (tertiary/aromatic N) is 3. The van der Waals surface area contributed by atoms with Crippen molar-refractivity contribution in [3.63, 3.8) is 0 Å². The lowest BCUT2D eigenvalue weighted by Crippen LogP contribution is -2.31. The van der Waals surface area contributed by atoms with Crippen molar-refractivity contribution < 1.29 is 26.3 Å². The van der Waals surface area contributed by atoms with Gasteiger partial charge in [-0.3, -0.25) is 4.55 Å². The van der Waals surface area contributed by atoms with Crippen LogP contribution in [0.2, 0.25) is 5.02 Å². The maximum atomic E-state index is 13.5. The van der Waals surface area contributed by atoms with Crippen molar-refractivity contribution in [3.8, 4) is 0 Å². The summed E-state index contributed by atoms with van der Waals surface area (Å²) in [6, 6.07) is 12.1. The lowest BCUT2D eigenvalue weighted by atomic mass is 9.90. The maximum Gasteiger partial charge on any atom is 0.399 e. The van der Waals surface area contributed by atoms with E-state index in [1.807, 2.05) is 0 Å². The molecule has 1 N–H and O–H groups in total. The molecule has 1 aliphatic heterocycles. The molecular weight excluding hydrogens is 413 g/mol. The highest BCUT2D eigenvalue weighted by molar-refractivity contribution is 7.80. The van der Waals surface area contributed by atoms with Crippen molar-refractivity contribution in [3.05, 3.63) is 83.2 Å². The number of rotatable bonds is 6. The lowest BCUT2D eigenvalue weighted by molar-refractivity contribution is 0.0225. The zero-order chi connectivity index (χ0) is 19.9. The van der Waals surface area contributed by atoms with Gasteiger partial charge >= 0.3 is 10.4 Å². The maximum absolute atomic E-state index is 13.5. The van der Waals surface area contributed by atoms with E-state index in [9.17, 15) is 17.4 Å². The van der Waals surface area contributed by atoms with Gasteiger partial charge in [-0.15, -0.1) is 0 Å². The minimum absolute atomic E-state index is 0.390. The molecule has 3 aromatic rings. The van der Waals surface area contributed by atoms with Gasteiger partial charge in [0.2, 0.25) is 6.23 Å². The van der Waals surface area contributed by atoms with Crippen LogP contribution in [0, 0.1) is 5.82 Å². The predicted octanol–water partition coefficient (Wildman–Crippen LogP) is 3.06. The first-order valence-electron chi connectivity index (χ1n) is 7.99. The molecule has 1 fully saturated rings. The molecule has 2 aromatic carbocycles. The quantitative estimate of drug-likeness (QED) is 0.477. The van der Waals surface area contributed by atoms with E-state index in [0.717, 1.165) is 4.68 Å². The van der Waals surface area contributed by atoms with Crippen molar-refractivity contribution in [1.82, 2.24) is 14.8 Å². The van der Waals surface area contributed by atoms with Crippen molar-refractivity contribution in [2.45, 2.75) is 17.9 Å². The van der Waals surface area contributed by atoms with Crippen molar-refractivity contribution in [2.75, 3.05) is 0 Å². The average Bonchev–Trinajstić information content (AvgIpc) is 3.14. The Morgan fingerprint density at radius 1 is 1.25 bits per heavy atom. The summed E-state index contributed by atoms with van der Waals surface area (Å²) in [5.41, 5.74) is -0.483. The van der Waals surface area contributed by atoms with Crippen LogP contribution in [0.4, 0.5) is 4.39 Å². The van der Waals surface area contributed by atoms with Crippen molar-refractivity contribution >= 4 is 22.0 Å². The van der Waals surface area contributed by atoms with E-state index in [4.69, 9.17) is 20.5 Å². The zero-order valence-electron chi connectivity index (χ0n) is 14.0. The van der Waals surface area contributed by atoms with E-state index in [0.29, 0.717) is 16.1 Å². The minimum atomic E-state index is -4.90. The van der Waals surface area contributed by atoms with E-state index in [1.165, 1.54) is 36.9 Å². The third-order valence-corrected chi connectivity index (χ3v) is 5.15. The van der Waals surface area contributed by atoms with Gasteiger partial charge in [0.1, 0.15) is 24.6 Å². The Bertz CT molecular complexity index is 1090. The van der Waals surface area contributed by atoms with E-state index < -0.39 is 34.1 Å². The number of hydrogen-bond acceptors (Lipinski definition) is 6. The van der Waals surface area contributed by atoms with Gasteiger partial charge in [-0.1, -0.05) is 41.9 Å². The average molecular weight is 426 g/mol. The first-order chi connectivity index (χ1) is 13.3. The predicted molar refractivity (Wildman–Crippen MR) is 95.0 cm³/mol. The summed E-state index contributed by atoms with van der Waals surface area (Å²) in [5, 5.41) is 4.31. The molecule has 2 heterocycles. The number of benzene rings is 2. The van der Waals surface area contributed by atoms with Crippen LogP contribution in [0.25, 0.3) is 0 Å². The lowest BCUT2D eigenvalue weighted by Gasteiger charge is -2.24. The van der Waals surface area contributed by atoms with Crippen LogP contribution in [0.5, 0.6) is 0 Å². The van der Waals surface area contributed by atoms with Crippen LogP contribution in [-0.4, -0.2) is 27.7 Å². The van der Waals surface area contributed by atoms with Crippen LogP contribution in [0.1, 0.15) is 23.5 Å². The normalized spacial score (nSPS) is 22.8. The van der Waals surface area contributed by atoms with Gasteiger partial charge in [0, 0.05) is 10.6 Å². The van der Waals surface area contributed by atoms with Gasteiger partial charge in [-0.25, -0.2) is 18.2 Å². The summed E-state index contributed by atoms with van der Waals surface area (Å²) in [6.07, 6.45) is 0.178. The third kappa shape index (κ3) is 3.40. The van der Waals surface area contributed by atoms with Gasteiger partial charge in [-0.05, 0) is 23.8 Å². The molecule has 0 bridgehead atoms. The molecule has 1 aliphatic rings. The molecule has 28 heavy (non-hydrogen) atoms. The summed E-state index contributed by atoms with van der Waals surface area (Å²) in [6.45, 7) is 0. The first-order valence-corrected chi connectivity index (χ1v) is 9.73. The largest absolute Gasteiger partial charge is 0.399 e. The SMILES string of the molecule is O=S(=O)(O)OC(n1cncn1)[C@@]1(c2ccc(F)cc2)O[C@H]1c1ccccc1Cl. The summed E-state index contributed by atoms with van der Waals surface area (Å²) in [5.74, 6) is -0.484. The number of hydrogen-bond donors (Lipinski definition) is 1. The highest BCUT2D eigenvalue weighted by Crippen LogP contribution is 2.64. The van der Waals surface area contributed by atoms with Gasteiger partial charge in [0.05, 0.1) is 0 Å². The van der Waals surface area contributed by atoms with Crippen LogP contribution < -0.4 is 0 Å². The Morgan fingerprint density at radius 3 is 2.57 bits per heavy atom. The second-order valence-corrected chi connectivity index (χ2v) is 7.53. The highest BCUT2D eigenvalue weighted by atomic mass is 35.5. The molecule has 0 aliphatic carbocycles. The number of ether oxygens (including phenoxy) is 1. The van der Waals surface area contributed by atoms with Crippen molar-refractivity contribution in [2.24, 2.45) is 0 Å². The van der Waals surface area contributed by atoms with E-state index in [2.05, 4.69) is 10.1 Å². The van der Waals surface area contributed by atoms with Crippen LogP contribution in [-0.2, 0) is 24.9 Å². The Hall–Kier alpha value is -2.37. The van der Waals surface area contributed by atoms with E-state index >= 15 is 0 Å². The molecule has 0 amide bonds. The van der Waals surface area contributed by atoms with Gasteiger partial charge in [0.15, 0.2) is 5.60 Å². The summed E-state index contributed by atoms with van der Waals surface area (Å²) in [7, 11) is -4.90. The topological polar surface area (TPSA) is 107 Å². The molecular formula is C17H13ClFN3O5S. The standard InChI is InChI=1S/C17H13ClFN3O5S/c18-14-4-2-1-3-13(14)15-17(26-15,11-5-7-12(19)8-6-11)16(27-28(23,24)25)22-10-20-9-21-22/h1-10,15-16H,(H,23,24,25)/t15-,16?,17-/m0/s1. The number of epoxide rings is 1. The van der Waals surface area contributed by atoms with Crippen LogP contribution >= 0.6 is 11.6 Å². The Kier molecular flexibility index (Phi) is 4.68. The second-order valence-electron chi connectivity index (χ2n) is 6.07. The molecule has 3 atom stereocenters. The van der Waals surface area contributed by atoms with Crippen LogP contribution in [0.15, 0.2) is 61.2 Å². The molecule has 0 radical (unpaired) electrons. The third-order valence-electron chi connectivity index (χ3n) is 4.38. The van der Waals surface area contributed by atoms with E-state index in [-0.39, 0.29) is 0 Å². The molecule has 0 spiro atoms. The Labute approximate surface area is 164 Å². The summed E-state index contributed by atoms with van der Waals surface area (Å²) < 4.78 is 57.8. The molecule has 0 saturated carbocycles. The Balaban J connectivity index is 1.88. The molecule has 1 unspecified atom stereocenters. The molecule has 1 saturated heterocycles. The van der Waals surface area contributed by atoms with Gasteiger partial charge < -0.3 is 4.74 Å². The molecule has 8 nitrogen and oxygen atoms in total. The summed E-state index contributed by atoms with van der Waals surface area (Å²) >= 11 is 6.28. The fourth-order valence-electron chi connectivity index (χ4n) is 3.17. The monoisotopic (exact) mass is 425 g/mol. The summed E-state index contributed by atoms with van der Waals surface area (Å²) in [4.78, 5) is 3.79. The molecule has 11 heteroatoms. The van der Waals surface area contributed by atoms with Gasteiger partial charge in [0.25, 0.3) is 0 Å². The van der Waals surface area contributed by atoms with E-state index in [1.54, 1.807) is 24.3 Å². The Morgan fingerprint density at radius 2 is 1.96 bits per heavy atom. The van der Waals surface area contributed by atoms with Gasteiger partial charge in [-0.2, -0.15) is 13.5 Å². The van der Waals surface area contributed by atoms with Crippen LogP contribution in [0.3, 0.4) is 0 Å². The van der Waals surface area contributed by atoms with Crippen molar-refractivity contribution in [1.29, 1.82) is 0 Å². The highest BCUT2D eigenvalue weighted by Gasteiger charge is 2.67. The minimum Gasteiger partial charge on any atom is -0.351 e. The molecule has 146 valence electrons. The smallest absolute Gasteiger partial charge is 0.351 e. The fraction of sp³-hybridized carbons (Fsp3) is 0.176. The number of aromatic nitrogens is 3.